The van der Waals surface area contributed by atoms with Gasteiger partial charge in [-0.05, 0) is 49.2 Å². The molecule has 0 aliphatic heterocycles. The molecule has 9 nitrogen and oxygen atoms in total. The van der Waals surface area contributed by atoms with E-state index in [0.717, 1.165) is 11.1 Å². The number of anilines is 1. The van der Waals surface area contributed by atoms with Crippen LogP contribution in [0.3, 0.4) is 0 Å². The van der Waals surface area contributed by atoms with Crippen molar-refractivity contribution in [2.45, 2.75) is 25.7 Å². The predicted octanol–water partition coefficient (Wildman–Crippen LogP) is 1.66. The summed E-state index contributed by atoms with van der Waals surface area (Å²) in [7, 11) is -2.72. The van der Waals surface area contributed by atoms with Gasteiger partial charge in [0.2, 0.25) is 5.91 Å². The molecule has 0 heterocycles. The Kier molecular flexibility index (Phi) is 7.18. The molecule has 2 amide bonds. The maximum absolute atomic E-state index is 12.4. The van der Waals surface area contributed by atoms with Crippen LogP contribution in [0.15, 0.2) is 41.3 Å². The molecule has 2 aromatic rings. The van der Waals surface area contributed by atoms with Gasteiger partial charge < -0.3 is 14.8 Å². The van der Waals surface area contributed by atoms with E-state index in [1.54, 1.807) is 12.1 Å². The molecule has 0 bridgehead atoms. The van der Waals surface area contributed by atoms with E-state index in [-0.39, 0.29) is 23.2 Å². The fraction of sp³-hybridized carbons (Fsp3) is 0.263. The SMILES string of the molecule is COc1cc(S(=O)(=O)NNC(=O)COc2cc(C)cc(C)c2)ccc1NC(C)=O. The molecule has 2 aromatic carbocycles. The lowest BCUT2D eigenvalue weighted by Crippen LogP contribution is -2.43. The van der Waals surface area contributed by atoms with Crippen molar-refractivity contribution in [3.05, 3.63) is 47.5 Å². The van der Waals surface area contributed by atoms with Crippen LogP contribution in [0.4, 0.5) is 5.69 Å². The summed E-state index contributed by atoms with van der Waals surface area (Å²) in [6, 6.07) is 9.40. The van der Waals surface area contributed by atoms with Crippen LogP contribution in [-0.4, -0.2) is 33.9 Å². The topological polar surface area (TPSA) is 123 Å². The van der Waals surface area contributed by atoms with E-state index in [1.165, 1.54) is 32.2 Å². The maximum Gasteiger partial charge on any atom is 0.272 e. The molecule has 0 saturated heterocycles. The number of benzene rings is 2. The van der Waals surface area contributed by atoms with E-state index in [1.807, 2.05) is 24.7 Å². The first-order valence-electron chi connectivity index (χ1n) is 8.58. The Morgan fingerprint density at radius 3 is 2.28 bits per heavy atom. The Balaban J connectivity index is 1.99. The summed E-state index contributed by atoms with van der Waals surface area (Å²) >= 11 is 0. The van der Waals surface area contributed by atoms with E-state index < -0.39 is 15.9 Å². The number of amides is 2. The van der Waals surface area contributed by atoms with Gasteiger partial charge in [0, 0.05) is 13.0 Å². The van der Waals surface area contributed by atoms with Crippen molar-refractivity contribution in [2.24, 2.45) is 0 Å². The number of ether oxygens (including phenoxy) is 2. The second-order valence-corrected chi connectivity index (χ2v) is 7.99. The lowest BCUT2D eigenvalue weighted by atomic mass is 10.1. The molecule has 10 heteroatoms. The van der Waals surface area contributed by atoms with Gasteiger partial charge in [-0.1, -0.05) is 6.07 Å². The van der Waals surface area contributed by atoms with Gasteiger partial charge in [-0.25, -0.2) is 8.42 Å². The number of carbonyl (C=O) groups excluding carboxylic acids is 2. The third-order valence-corrected chi connectivity index (χ3v) is 4.93. The Hall–Kier alpha value is -3.11. The zero-order chi connectivity index (χ0) is 21.6. The minimum atomic E-state index is -4.06. The summed E-state index contributed by atoms with van der Waals surface area (Å²) in [5.41, 5.74) is 4.38. The highest BCUT2D eigenvalue weighted by molar-refractivity contribution is 7.89. The number of carbonyl (C=O) groups is 2. The summed E-state index contributed by atoms with van der Waals surface area (Å²) < 4.78 is 35.3. The smallest absolute Gasteiger partial charge is 0.272 e. The number of aryl methyl sites for hydroxylation is 2. The molecular weight excluding hydrogens is 398 g/mol. The van der Waals surface area contributed by atoms with E-state index >= 15 is 0 Å². The molecule has 0 unspecified atom stereocenters. The Morgan fingerprint density at radius 1 is 1.03 bits per heavy atom. The monoisotopic (exact) mass is 421 g/mol. The van der Waals surface area contributed by atoms with Crippen LogP contribution in [-0.2, 0) is 19.6 Å². The van der Waals surface area contributed by atoms with E-state index in [4.69, 9.17) is 9.47 Å². The van der Waals surface area contributed by atoms with Crippen molar-refractivity contribution >= 4 is 27.5 Å². The van der Waals surface area contributed by atoms with Gasteiger partial charge >= 0.3 is 0 Å². The Morgan fingerprint density at radius 2 is 1.69 bits per heavy atom. The van der Waals surface area contributed by atoms with Crippen LogP contribution in [0.5, 0.6) is 11.5 Å². The molecule has 0 fully saturated rings. The van der Waals surface area contributed by atoms with Crippen LogP contribution < -0.4 is 25.0 Å². The highest BCUT2D eigenvalue weighted by Gasteiger charge is 2.18. The average molecular weight is 421 g/mol. The van der Waals surface area contributed by atoms with Crippen LogP contribution in [0, 0.1) is 13.8 Å². The summed E-state index contributed by atoms with van der Waals surface area (Å²) in [5.74, 6) is -0.325. The Bertz CT molecular complexity index is 1000. The van der Waals surface area contributed by atoms with Crippen molar-refractivity contribution in [3.8, 4) is 11.5 Å². The number of sulfonamides is 1. The quantitative estimate of drug-likeness (QED) is 0.557. The first kappa shape index (κ1) is 22.2. The lowest BCUT2D eigenvalue weighted by molar-refractivity contribution is -0.123. The van der Waals surface area contributed by atoms with Gasteiger partial charge in [0.15, 0.2) is 6.61 Å². The zero-order valence-electron chi connectivity index (χ0n) is 16.5. The zero-order valence-corrected chi connectivity index (χ0v) is 17.3. The molecule has 0 radical (unpaired) electrons. The second-order valence-electron chi connectivity index (χ2n) is 6.31. The van der Waals surface area contributed by atoms with Crippen molar-refractivity contribution < 1.29 is 27.5 Å². The minimum absolute atomic E-state index is 0.154. The third kappa shape index (κ3) is 6.47. The highest BCUT2D eigenvalue weighted by Crippen LogP contribution is 2.27. The minimum Gasteiger partial charge on any atom is -0.495 e. The van der Waals surface area contributed by atoms with Gasteiger partial charge in [-0.2, -0.15) is 0 Å². The summed E-state index contributed by atoms with van der Waals surface area (Å²) in [5, 5.41) is 2.53. The van der Waals surface area contributed by atoms with Crippen LogP contribution >= 0.6 is 0 Å². The number of methoxy groups -OCH3 is 1. The summed E-state index contributed by atoms with van der Waals surface area (Å²) in [6.45, 7) is 4.76. The van der Waals surface area contributed by atoms with Crippen LogP contribution in [0.25, 0.3) is 0 Å². The third-order valence-electron chi connectivity index (χ3n) is 3.68. The number of hydrogen-bond donors (Lipinski definition) is 3. The molecular formula is C19H23N3O6S. The number of rotatable bonds is 8. The first-order valence-corrected chi connectivity index (χ1v) is 10.1. The summed E-state index contributed by atoms with van der Waals surface area (Å²) in [4.78, 5) is 25.0. The number of nitrogens with one attached hydrogen (secondary N) is 3. The van der Waals surface area contributed by atoms with Gasteiger partial charge in [-0.3, -0.25) is 15.0 Å². The number of hydrogen-bond acceptors (Lipinski definition) is 6. The fourth-order valence-electron chi connectivity index (χ4n) is 2.52. The molecule has 0 aliphatic rings. The predicted molar refractivity (Wildman–Crippen MR) is 107 cm³/mol. The molecule has 0 atom stereocenters. The maximum atomic E-state index is 12.4. The molecule has 3 N–H and O–H groups in total. The van der Waals surface area contributed by atoms with Gasteiger partial charge in [0.1, 0.15) is 11.5 Å². The molecule has 0 spiro atoms. The highest BCUT2D eigenvalue weighted by atomic mass is 32.2. The second kappa shape index (κ2) is 9.39. The molecule has 2 rings (SSSR count). The largest absolute Gasteiger partial charge is 0.495 e. The van der Waals surface area contributed by atoms with Gasteiger partial charge in [0.25, 0.3) is 15.9 Å². The average Bonchev–Trinajstić information content (AvgIpc) is 2.63. The number of hydrazine groups is 1. The molecule has 0 aromatic heterocycles. The van der Waals surface area contributed by atoms with Gasteiger partial charge in [0.05, 0.1) is 17.7 Å². The standard InChI is InChI=1S/C19H23N3O6S/c1-12-7-13(2)9-15(8-12)28-11-19(24)21-22-29(25,26)16-5-6-17(20-14(3)23)18(10-16)27-4/h5-10,22H,11H2,1-4H3,(H,20,23)(H,21,24). The lowest BCUT2D eigenvalue weighted by Gasteiger charge is -2.13. The molecule has 29 heavy (non-hydrogen) atoms. The first-order chi connectivity index (χ1) is 13.6. The van der Waals surface area contributed by atoms with Crippen LogP contribution in [0.2, 0.25) is 0 Å². The van der Waals surface area contributed by atoms with E-state index in [9.17, 15) is 18.0 Å². The van der Waals surface area contributed by atoms with Gasteiger partial charge in [-0.15, -0.1) is 4.83 Å². The fourth-order valence-corrected chi connectivity index (χ4v) is 3.39. The normalized spacial score (nSPS) is 10.9. The van der Waals surface area contributed by atoms with Crippen molar-refractivity contribution in [1.82, 2.24) is 10.3 Å². The molecule has 0 aliphatic carbocycles. The molecule has 156 valence electrons. The summed E-state index contributed by atoms with van der Waals surface area (Å²) in [6.07, 6.45) is 0. The Labute approximate surface area is 169 Å². The van der Waals surface area contributed by atoms with E-state index in [0.29, 0.717) is 11.4 Å². The van der Waals surface area contributed by atoms with Crippen LogP contribution in [0.1, 0.15) is 18.1 Å². The van der Waals surface area contributed by atoms with Crippen molar-refractivity contribution in [1.29, 1.82) is 0 Å². The van der Waals surface area contributed by atoms with E-state index in [2.05, 4.69) is 10.7 Å². The van der Waals surface area contributed by atoms with Crippen molar-refractivity contribution in [3.63, 3.8) is 0 Å². The van der Waals surface area contributed by atoms with Crippen molar-refractivity contribution in [2.75, 3.05) is 19.0 Å². The molecule has 0 saturated carbocycles.